The van der Waals surface area contributed by atoms with E-state index in [2.05, 4.69) is 11.1 Å². The predicted octanol–water partition coefficient (Wildman–Crippen LogP) is 0.398. The summed E-state index contributed by atoms with van der Waals surface area (Å²) >= 11 is 0. The molecular weight excluding hydrogens is 171 g/mol. The molecule has 0 aromatic heterocycles. The second-order valence-corrected chi connectivity index (χ2v) is 3.44. The quantitative estimate of drug-likeness (QED) is 0.372. The Morgan fingerprint density at radius 2 is 2.36 bits per heavy atom. The van der Waals surface area contributed by atoms with Crippen molar-refractivity contribution < 1.29 is 23.6 Å². The lowest BCUT2D eigenvalue weighted by molar-refractivity contribution is 0.0334. The molecule has 0 radical (unpaired) electrons. The SMILES string of the molecule is C=CCC1(OP(=O)(O)O)CO1. The van der Waals surface area contributed by atoms with Crippen LogP contribution in [-0.2, 0) is 13.8 Å². The van der Waals surface area contributed by atoms with Crippen LogP contribution in [0.15, 0.2) is 12.7 Å². The number of hydrogen-bond acceptors (Lipinski definition) is 3. The van der Waals surface area contributed by atoms with E-state index in [9.17, 15) is 4.57 Å². The van der Waals surface area contributed by atoms with Gasteiger partial charge in [0.1, 0.15) is 6.61 Å². The van der Waals surface area contributed by atoms with Gasteiger partial charge in [-0.2, -0.15) is 0 Å². The van der Waals surface area contributed by atoms with Crippen molar-refractivity contribution in [3.8, 4) is 0 Å². The molecule has 1 heterocycles. The van der Waals surface area contributed by atoms with Crippen LogP contribution in [0.1, 0.15) is 6.42 Å². The molecule has 0 aliphatic carbocycles. The van der Waals surface area contributed by atoms with Crippen molar-refractivity contribution in [3.05, 3.63) is 12.7 Å². The Morgan fingerprint density at radius 3 is 2.64 bits per heavy atom. The van der Waals surface area contributed by atoms with Gasteiger partial charge >= 0.3 is 7.82 Å². The third-order valence-electron chi connectivity index (χ3n) is 1.21. The van der Waals surface area contributed by atoms with E-state index in [4.69, 9.17) is 14.5 Å². The molecule has 1 unspecified atom stereocenters. The van der Waals surface area contributed by atoms with Crippen LogP contribution >= 0.6 is 7.82 Å². The summed E-state index contributed by atoms with van der Waals surface area (Å²) in [6.07, 6.45) is 1.78. The van der Waals surface area contributed by atoms with Crippen LogP contribution in [0.3, 0.4) is 0 Å². The van der Waals surface area contributed by atoms with E-state index in [1.165, 1.54) is 6.08 Å². The molecule has 0 amide bonds. The molecule has 64 valence electrons. The first-order valence-corrected chi connectivity index (χ1v) is 4.52. The summed E-state index contributed by atoms with van der Waals surface area (Å²) in [5, 5.41) is 0. The second-order valence-electron chi connectivity index (χ2n) is 2.27. The number of epoxide rings is 1. The number of ether oxygens (including phenoxy) is 1. The van der Waals surface area contributed by atoms with E-state index in [0.717, 1.165) is 0 Å². The minimum atomic E-state index is -4.43. The molecule has 1 atom stereocenters. The Labute approximate surface area is 63.9 Å². The molecule has 6 heteroatoms. The number of phosphoric acid groups is 1. The minimum Gasteiger partial charge on any atom is -0.341 e. The van der Waals surface area contributed by atoms with Crippen LogP contribution in [0.5, 0.6) is 0 Å². The highest BCUT2D eigenvalue weighted by Crippen LogP contribution is 2.48. The van der Waals surface area contributed by atoms with Gasteiger partial charge in [0, 0.05) is 6.42 Å². The molecule has 1 aliphatic heterocycles. The summed E-state index contributed by atoms with van der Waals surface area (Å²) in [6, 6.07) is 0. The minimum absolute atomic E-state index is 0.212. The molecule has 0 bridgehead atoms. The molecule has 0 spiro atoms. The summed E-state index contributed by atoms with van der Waals surface area (Å²) in [4.78, 5) is 16.8. The van der Waals surface area contributed by atoms with Crippen molar-refractivity contribution in [1.29, 1.82) is 0 Å². The standard InChI is InChI=1S/C5H9O5P/c1-2-3-5(4-9-5)10-11(6,7)8/h2H,1,3-4H2,(H2,6,7,8). The van der Waals surface area contributed by atoms with Crippen LogP contribution < -0.4 is 0 Å². The van der Waals surface area contributed by atoms with Gasteiger partial charge in [0.25, 0.3) is 0 Å². The summed E-state index contributed by atoms with van der Waals surface area (Å²) in [5.74, 6) is -1.10. The van der Waals surface area contributed by atoms with Gasteiger partial charge in [0.05, 0.1) is 0 Å². The van der Waals surface area contributed by atoms with Crippen LogP contribution in [0, 0.1) is 0 Å². The normalized spacial score (nSPS) is 30.0. The second kappa shape index (κ2) is 2.69. The molecule has 1 aliphatic rings. The Bertz CT molecular complexity index is 203. The largest absolute Gasteiger partial charge is 0.472 e. The zero-order valence-corrected chi connectivity index (χ0v) is 6.66. The maximum atomic E-state index is 10.3. The number of rotatable bonds is 4. The molecule has 5 nitrogen and oxygen atoms in total. The zero-order valence-electron chi connectivity index (χ0n) is 5.77. The first-order valence-electron chi connectivity index (χ1n) is 2.99. The Hall–Kier alpha value is -0.190. The smallest absolute Gasteiger partial charge is 0.341 e. The fourth-order valence-corrected chi connectivity index (χ4v) is 1.34. The van der Waals surface area contributed by atoms with Crippen molar-refractivity contribution in [2.75, 3.05) is 6.61 Å². The third-order valence-corrected chi connectivity index (χ3v) is 1.78. The fraction of sp³-hybridized carbons (Fsp3) is 0.600. The zero-order chi connectivity index (χ0) is 8.54. The van der Waals surface area contributed by atoms with Crippen molar-refractivity contribution in [2.45, 2.75) is 12.2 Å². The van der Waals surface area contributed by atoms with Gasteiger partial charge in [0.15, 0.2) is 0 Å². The molecule has 0 aromatic carbocycles. The van der Waals surface area contributed by atoms with Crippen molar-refractivity contribution in [1.82, 2.24) is 0 Å². The predicted molar refractivity (Wildman–Crippen MR) is 36.6 cm³/mol. The molecule has 1 saturated heterocycles. The monoisotopic (exact) mass is 180 g/mol. The molecule has 2 N–H and O–H groups in total. The van der Waals surface area contributed by atoms with Gasteiger partial charge in [-0.1, -0.05) is 6.08 Å². The maximum Gasteiger partial charge on any atom is 0.472 e. The molecule has 1 rings (SSSR count). The topological polar surface area (TPSA) is 79.3 Å². The van der Waals surface area contributed by atoms with Crippen molar-refractivity contribution in [2.24, 2.45) is 0 Å². The summed E-state index contributed by atoms with van der Waals surface area (Å²) in [5.41, 5.74) is 0. The number of hydrogen-bond donors (Lipinski definition) is 2. The van der Waals surface area contributed by atoms with Crippen molar-refractivity contribution >= 4 is 7.82 Å². The Morgan fingerprint density at radius 1 is 1.82 bits per heavy atom. The first kappa shape index (κ1) is 8.90. The summed E-state index contributed by atoms with van der Waals surface area (Å²) < 4.78 is 19.4. The molecular formula is C5H9O5P. The molecule has 11 heavy (non-hydrogen) atoms. The maximum absolute atomic E-state index is 10.3. The Balaban J connectivity index is 2.48. The van der Waals surface area contributed by atoms with Gasteiger partial charge < -0.3 is 14.5 Å². The van der Waals surface area contributed by atoms with Crippen LogP contribution in [0.25, 0.3) is 0 Å². The van der Waals surface area contributed by atoms with Gasteiger partial charge in [-0.05, 0) is 0 Å². The average Bonchev–Trinajstić information content (AvgIpc) is 2.44. The van der Waals surface area contributed by atoms with Gasteiger partial charge in [0.2, 0.25) is 5.79 Å². The van der Waals surface area contributed by atoms with Crippen LogP contribution in [-0.4, -0.2) is 22.2 Å². The lowest BCUT2D eigenvalue weighted by atomic mass is 10.3. The van der Waals surface area contributed by atoms with Gasteiger partial charge in [-0.3, -0.25) is 4.52 Å². The van der Waals surface area contributed by atoms with E-state index in [-0.39, 0.29) is 13.0 Å². The average molecular weight is 180 g/mol. The summed E-state index contributed by atoms with van der Waals surface area (Å²) in [6.45, 7) is 3.62. The van der Waals surface area contributed by atoms with E-state index in [1.807, 2.05) is 0 Å². The third kappa shape index (κ3) is 2.73. The highest BCUT2D eigenvalue weighted by Gasteiger charge is 2.49. The van der Waals surface area contributed by atoms with Gasteiger partial charge in [-0.25, -0.2) is 4.57 Å². The Kier molecular flexibility index (Phi) is 2.18. The lowest BCUT2D eigenvalue weighted by Crippen LogP contribution is -2.12. The van der Waals surface area contributed by atoms with Gasteiger partial charge in [-0.15, -0.1) is 6.58 Å². The number of phosphoric ester groups is 1. The highest BCUT2D eigenvalue weighted by molar-refractivity contribution is 7.46. The fourth-order valence-electron chi connectivity index (χ4n) is 0.725. The molecule has 0 aromatic rings. The molecule has 1 fully saturated rings. The lowest BCUT2D eigenvalue weighted by Gasteiger charge is -2.10. The van der Waals surface area contributed by atoms with Crippen LogP contribution in [0.4, 0.5) is 0 Å². The first-order chi connectivity index (χ1) is 4.97. The van der Waals surface area contributed by atoms with E-state index in [0.29, 0.717) is 0 Å². The molecule has 0 saturated carbocycles. The van der Waals surface area contributed by atoms with E-state index < -0.39 is 13.6 Å². The van der Waals surface area contributed by atoms with E-state index >= 15 is 0 Å². The van der Waals surface area contributed by atoms with Crippen LogP contribution in [0.2, 0.25) is 0 Å². The van der Waals surface area contributed by atoms with E-state index in [1.54, 1.807) is 0 Å². The highest BCUT2D eigenvalue weighted by atomic mass is 31.2. The summed E-state index contributed by atoms with van der Waals surface area (Å²) in [7, 11) is -4.43. The van der Waals surface area contributed by atoms with Crippen molar-refractivity contribution in [3.63, 3.8) is 0 Å².